The van der Waals surface area contributed by atoms with Gasteiger partial charge in [0.15, 0.2) is 0 Å². The molecule has 10 nitrogen and oxygen atoms in total. The monoisotopic (exact) mass is 428 g/mol. The molecule has 166 valence electrons. The number of rotatable bonds is 8. The molecule has 3 rings (SSSR count). The summed E-state index contributed by atoms with van der Waals surface area (Å²) in [6, 6.07) is 5.85. The second kappa shape index (κ2) is 10.2. The summed E-state index contributed by atoms with van der Waals surface area (Å²) in [6.07, 6.45) is 3.18. The fourth-order valence-corrected chi connectivity index (χ4v) is 3.62. The molecule has 1 amide bonds. The average Bonchev–Trinajstić information content (AvgIpc) is 3.07. The highest BCUT2D eigenvalue weighted by Gasteiger charge is 2.18. The van der Waals surface area contributed by atoms with Crippen molar-refractivity contribution in [3.63, 3.8) is 0 Å². The maximum Gasteiger partial charge on any atom is 0.280 e. The molecule has 1 aliphatic rings. The average molecular weight is 428 g/mol. The van der Waals surface area contributed by atoms with Crippen molar-refractivity contribution < 1.29 is 9.72 Å². The summed E-state index contributed by atoms with van der Waals surface area (Å²) in [5.74, 6) is 0.109. The summed E-state index contributed by atoms with van der Waals surface area (Å²) in [5, 5.41) is 14.0. The van der Waals surface area contributed by atoms with E-state index < -0.39 is 4.92 Å². The van der Waals surface area contributed by atoms with Gasteiger partial charge >= 0.3 is 0 Å². The fraction of sp³-hybridized carbons (Fsp3) is 0.476. The quantitative estimate of drug-likeness (QED) is 0.389. The van der Waals surface area contributed by atoms with Crippen LogP contribution in [-0.4, -0.2) is 75.9 Å². The van der Waals surface area contributed by atoms with Gasteiger partial charge in [-0.3, -0.25) is 34.7 Å². The Morgan fingerprint density at radius 1 is 1.23 bits per heavy atom. The number of carbonyl (C=O) groups is 1. The molecular weight excluding hydrogens is 400 g/mol. The van der Waals surface area contributed by atoms with E-state index in [0.29, 0.717) is 24.2 Å². The van der Waals surface area contributed by atoms with Crippen molar-refractivity contribution in [2.24, 2.45) is 4.99 Å². The van der Waals surface area contributed by atoms with E-state index in [9.17, 15) is 19.7 Å². The number of aryl methyl sites for hydroxylation is 1. The predicted molar refractivity (Wildman–Crippen MR) is 118 cm³/mol. The molecule has 0 atom stereocenters. The van der Waals surface area contributed by atoms with Gasteiger partial charge in [0.25, 0.3) is 11.2 Å². The zero-order valence-corrected chi connectivity index (χ0v) is 17.9. The first-order valence-corrected chi connectivity index (χ1v) is 10.5. The zero-order chi connectivity index (χ0) is 22.4. The number of carbonyl (C=O) groups excluding carboxylic acids is 1. The van der Waals surface area contributed by atoms with E-state index in [0.717, 1.165) is 44.8 Å². The number of aliphatic imine (C=N–C) groups is 1. The Hall–Kier alpha value is -3.27. The van der Waals surface area contributed by atoms with Crippen LogP contribution in [0, 0.1) is 10.1 Å². The van der Waals surface area contributed by atoms with Crippen molar-refractivity contribution in [1.29, 1.82) is 0 Å². The number of hydrogen-bond donors (Lipinski definition) is 1. The molecule has 2 aromatic rings. The lowest BCUT2D eigenvalue weighted by molar-refractivity contribution is -0.384. The van der Waals surface area contributed by atoms with E-state index in [2.05, 4.69) is 15.0 Å². The Bertz CT molecular complexity index is 1000. The topological polar surface area (TPSA) is 117 Å². The summed E-state index contributed by atoms with van der Waals surface area (Å²) in [6.45, 7) is 8.08. The number of aromatic amines is 1. The van der Waals surface area contributed by atoms with Gasteiger partial charge in [0.05, 0.1) is 22.7 Å². The zero-order valence-electron chi connectivity index (χ0n) is 17.9. The van der Waals surface area contributed by atoms with Gasteiger partial charge < -0.3 is 4.90 Å². The lowest BCUT2D eigenvalue weighted by atomic mass is 10.2. The second-order valence-electron chi connectivity index (χ2n) is 7.55. The van der Waals surface area contributed by atoms with Gasteiger partial charge in [0, 0.05) is 63.7 Å². The van der Waals surface area contributed by atoms with Crippen molar-refractivity contribution in [3.05, 3.63) is 56.0 Å². The van der Waals surface area contributed by atoms with E-state index in [1.54, 1.807) is 25.3 Å². The standard InChI is InChI=1S/C21H28N6O4/c1-3-4-20-19(15-22-9-10-24-11-13-25(14-12-24)16(2)28)21(29)26(23-20)17-5-7-18(8-6-17)27(30)31/h5-8,15,23H,3-4,9-14H2,1-2H3. The van der Waals surface area contributed by atoms with Crippen LogP contribution in [0.5, 0.6) is 0 Å². The normalized spacial score (nSPS) is 15.0. The number of nitro benzene ring substituents is 1. The van der Waals surface area contributed by atoms with Crippen LogP contribution < -0.4 is 5.56 Å². The van der Waals surface area contributed by atoms with Crippen LogP contribution >= 0.6 is 0 Å². The number of nitro groups is 1. The van der Waals surface area contributed by atoms with Gasteiger partial charge in [0.2, 0.25) is 5.91 Å². The minimum absolute atomic E-state index is 0.0249. The maximum absolute atomic E-state index is 12.9. The highest BCUT2D eigenvalue weighted by molar-refractivity contribution is 5.81. The number of non-ortho nitro benzene ring substituents is 1. The molecule has 0 radical (unpaired) electrons. The Morgan fingerprint density at radius 3 is 2.48 bits per heavy atom. The summed E-state index contributed by atoms with van der Waals surface area (Å²) >= 11 is 0. The Labute approximate surface area is 180 Å². The first-order chi connectivity index (χ1) is 14.9. The van der Waals surface area contributed by atoms with E-state index in [1.165, 1.54) is 16.8 Å². The van der Waals surface area contributed by atoms with Crippen LogP contribution in [0.1, 0.15) is 31.5 Å². The van der Waals surface area contributed by atoms with Gasteiger partial charge in [-0.2, -0.15) is 0 Å². The molecule has 1 saturated heterocycles. The SMILES string of the molecule is CCCc1[nH]n(-c2ccc([N+](=O)[O-])cc2)c(=O)c1C=NCCN1CCN(C(C)=O)CC1. The molecule has 1 aromatic heterocycles. The van der Waals surface area contributed by atoms with E-state index in [-0.39, 0.29) is 17.2 Å². The van der Waals surface area contributed by atoms with Crippen LogP contribution in [0.25, 0.3) is 5.69 Å². The van der Waals surface area contributed by atoms with Crippen LogP contribution in [0.4, 0.5) is 5.69 Å². The first-order valence-electron chi connectivity index (χ1n) is 10.5. The third kappa shape index (κ3) is 5.46. The number of aromatic nitrogens is 2. The van der Waals surface area contributed by atoms with E-state index in [1.807, 2.05) is 11.8 Å². The molecule has 0 saturated carbocycles. The molecule has 1 N–H and O–H groups in total. The first kappa shape index (κ1) is 22.4. The number of nitrogens with one attached hydrogen (secondary N) is 1. The Balaban J connectivity index is 1.68. The third-order valence-electron chi connectivity index (χ3n) is 5.41. The Morgan fingerprint density at radius 2 is 1.90 bits per heavy atom. The second-order valence-corrected chi connectivity index (χ2v) is 7.55. The van der Waals surface area contributed by atoms with Crippen LogP contribution in [0.15, 0.2) is 34.1 Å². The van der Waals surface area contributed by atoms with Crippen molar-refractivity contribution >= 4 is 17.8 Å². The third-order valence-corrected chi connectivity index (χ3v) is 5.41. The van der Waals surface area contributed by atoms with E-state index >= 15 is 0 Å². The largest absolute Gasteiger partial charge is 0.340 e. The summed E-state index contributed by atoms with van der Waals surface area (Å²) in [7, 11) is 0. The van der Waals surface area contributed by atoms with Crippen molar-refractivity contribution in [2.45, 2.75) is 26.7 Å². The van der Waals surface area contributed by atoms with Gasteiger partial charge in [-0.15, -0.1) is 0 Å². The lowest BCUT2D eigenvalue weighted by Gasteiger charge is -2.33. The van der Waals surface area contributed by atoms with Gasteiger partial charge in [-0.05, 0) is 18.6 Å². The lowest BCUT2D eigenvalue weighted by Crippen LogP contribution is -2.48. The number of H-pyrrole nitrogens is 1. The molecule has 2 heterocycles. The summed E-state index contributed by atoms with van der Waals surface area (Å²) in [4.78, 5) is 43.3. The summed E-state index contributed by atoms with van der Waals surface area (Å²) in [5.41, 5.74) is 1.60. The number of piperazine rings is 1. The van der Waals surface area contributed by atoms with Crippen molar-refractivity contribution in [3.8, 4) is 5.69 Å². The fourth-order valence-electron chi connectivity index (χ4n) is 3.62. The molecule has 0 bridgehead atoms. The van der Waals surface area contributed by atoms with Crippen molar-refractivity contribution in [2.75, 3.05) is 39.3 Å². The van der Waals surface area contributed by atoms with Crippen LogP contribution in [0.2, 0.25) is 0 Å². The molecule has 10 heteroatoms. The Kier molecular flexibility index (Phi) is 7.35. The van der Waals surface area contributed by atoms with Gasteiger partial charge in [-0.1, -0.05) is 13.3 Å². The molecule has 1 fully saturated rings. The number of nitrogens with zero attached hydrogens (tertiary/aromatic N) is 5. The minimum Gasteiger partial charge on any atom is -0.340 e. The van der Waals surface area contributed by atoms with Crippen LogP contribution in [0.3, 0.4) is 0 Å². The molecule has 1 aliphatic heterocycles. The molecule has 0 unspecified atom stereocenters. The van der Waals surface area contributed by atoms with E-state index in [4.69, 9.17) is 0 Å². The highest BCUT2D eigenvalue weighted by Crippen LogP contribution is 2.15. The molecule has 0 aliphatic carbocycles. The molecule has 0 spiro atoms. The van der Waals surface area contributed by atoms with Gasteiger partial charge in [0.1, 0.15) is 0 Å². The minimum atomic E-state index is -0.470. The smallest absolute Gasteiger partial charge is 0.280 e. The summed E-state index contributed by atoms with van der Waals surface area (Å²) < 4.78 is 1.40. The van der Waals surface area contributed by atoms with Crippen molar-refractivity contribution in [1.82, 2.24) is 19.6 Å². The molecule has 31 heavy (non-hydrogen) atoms. The van der Waals surface area contributed by atoms with Gasteiger partial charge in [-0.25, -0.2) is 4.68 Å². The maximum atomic E-state index is 12.9. The number of amides is 1. The number of hydrogen-bond acceptors (Lipinski definition) is 6. The predicted octanol–water partition coefficient (Wildman–Crippen LogP) is 1.61. The number of benzene rings is 1. The highest BCUT2D eigenvalue weighted by atomic mass is 16.6. The van der Waals surface area contributed by atoms with Crippen LogP contribution in [-0.2, 0) is 11.2 Å². The molecular formula is C21H28N6O4. The molecule has 1 aromatic carbocycles.